The molecular weight excluding hydrogens is 306 g/mol. The Morgan fingerprint density at radius 3 is 2.68 bits per heavy atom. The first kappa shape index (κ1) is 15.7. The number of guanidine groups is 1. The molecule has 0 aromatic heterocycles. The number of nitrogens with one attached hydrogen (secondary N) is 1. The molecule has 25 heavy (non-hydrogen) atoms. The summed E-state index contributed by atoms with van der Waals surface area (Å²) < 4.78 is 0. The normalized spacial score (nSPS) is 13.4. The lowest BCUT2D eigenvalue weighted by Gasteiger charge is -2.09. The number of rotatable bonds is 4. The molecule has 1 aliphatic carbocycles. The van der Waals surface area contributed by atoms with E-state index >= 15 is 0 Å². The van der Waals surface area contributed by atoms with Gasteiger partial charge in [0, 0.05) is 5.69 Å². The number of nitrogens with zero attached hydrogens (tertiary/aromatic N) is 1. The van der Waals surface area contributed by atoms with Gasteiger partial charge in [0.2, 0.25) is 0 Å². The number of aliphatic imine (C=N–C) groups is 1. The summed E-state index contributed by atoms with van der Waals surface area (Å²) in [5.41, 5.74) is 12.2. The number of benzene rings is 3. The van der Waals surface area contributed by atoms with Gasteiger partial charge in [0.1, 0.15) is 0 Å². The highest BCUT2D eigenvalue weighted by Crippen LogP contribution is 2.36. The Morgan fingerprint density at radius 2 is 1.88 bits per heavy atom. The fourth-order valence-corrected chi connectivity index (χ4v) is 3.70. The van der Waals surface area contributed by atoms with E-state index < -0.39 is 0 Å². The quantitative estimate of drug-likeness (QED) is 0.525. The van der Waals surface area contributed by atoms with Crippen LogP contribution in [0.3, 0.4) is 0 Å². The minimum Gasteiger partial charge on any atom is -0.369 e. The maximum atomic E-state index is 6.16. The molecule has 3 aromatic carbocycles. The highest BCUT2D eigenvalue weighted by Gasteiger charge is 2.17. The molecule has 0 radical (unpaired) electrons. The van der Waals surface area contributed by atoms with Gasteiger partial charge in [-0.2, -0.15) is 0 Å². The van der Waals surface area contributed by atoms with Gasteiger partial charge in [0.05, 0.1) is 5.69 Å². The van der Waals surface area contributed by atoms with Crippen molar-refractivity contribution in [3.8, 4) is 0 Å². The van der Waals surface area contributed by atoms with Gasteiger partial charge in [0.25, 0.3) is 0 Å². The molecular formula is C22H23N3. The predicted molar refractivity (Wildman–Crippen MR) is 107 cm³/mol. The molecule has 3 N–H and O–H groups in total. The molecule has 0 saturated carbocycles. The molecule has 0 bridgehead atoms. The van der Waals surface area contributed by atoms with E-state index in [1.165, 1.54) is 27.5 Å². The van der Waals surface area contributed by atoms with Crippen LogP contribution < -0.4 is 11.1 Å². The summed E-state index contributed by atoms with van der Waals surface area (Å²) in [5.74, 6) is 0.434. The van der Waals surface area contributed by atoms with Crippen LogP contribution in [0.2, 0.25) is 0 Å². The summed E-state index contributed by atoms with van der Waals surface area (Å²) in [6.45, 7) is 2.19. The summed E-state index contributed by atoms with van der Waals surface area (Å²) in [7, 11) is 0. The summed E-state index contributed by atoms with van der Waals surface area (Å²) >= 11 is 0. The van der Waals surface area contributed by atoms with E-state index in [9.17, 15) is 0 Å². The molecule has 3 heteroatoms. The smallest absolute Gasteiger partial charge is 0.198 e. The van der Waals surface area contributed by atoms with Crippen LogP contribution in [0.1, 0.15) is 30.0 Å². The lowest BCUT2D eigenvalue weighted by molar-refractivity contribution is 0.922. The van der Waals surface area contributed by atoms with Gasteiger partial charge in [-0.3, -0.25) is 0 Å². The molecule has 0 atom stereocenters. The second-order valence-corrected chi connectivity index (χ2v) is 6.65. The molecule has 126 valence electrons. The van der Waals surface area contributed by atoms with E-state index in [-0.39, 0.29) is 0 Å². The Hall–Kier alpha value is -2.81. The van der Waals surface area contributed by atoms with Crippen molar-refractivity contribution in [1.82, 2.24) is 0 Å². The SMILES string of the molecule is CCCc1ccc(NC(N)=Nc2ccc3cccc4c3c2CC4)cc1. The van der Waals surface area contributed by atoms with Crippen LogP contribution in [0.15, 0.2) is 59.6 Å². The lowest BCUT2D eigenvalue weighted by Crippen LogP contribution is -2.22. The van der Waals surface area contributed by atoms with Crippen LogP contribution in [0, 0.1) is 0 Å². The monoisotopic (exact) mass is 329 g/mol. The van der Waals surface area contributed by atoms with Crippen LogP contribution in [0.25, 0.3) is 10.8 Å². The molecule has 0 spiro atoms. The largest absolute Gasteiger partial charge is 0.369 e. The van der Waals surface area contributed by atoms with Crippen molar-refractivity contribution >= 4 is 28.1 Å². The van der Waals surface area contributed by atoms with Crippen LogP contribution in [-0.2, 0) is 19.3 Å². The van der Waals surface area contributed by atoms with E-state index in [0.29, 0.717) is 5.96 Å². The average molecular weight is 329 g/mol. The molecule has 4 rings (SSSR count). The van der Waals surface area contributed by atoms with E-state index in [1.54, 1.807) is 0 Å². The molecule has 0 heterocycles. The maximum absolute atomic E-state index is 6.16. The number of aryl methyl sites for hydroxylation is 3. The second kappa shape index (κ2) is 6.60. The lowest BCUT2D eigenvalue weighted by atomic mass is 10.0. The third kappa shape index (κ3) is 3.10. The molecule has 0 saturated heterocycles. The zero-order chi connectivity index (χ0) is 17.2. The number of nitrogens with two attached hydrogens (primary N) is 1. The standard InChI is InChI=1S/C22H23N3/c1-2-4-15-7-11-18(12-8-15)24-22(23)25-20-14-10-17-6-3-5-16-9-13-19(20)21(16)17/h3,5-8,10-12,14H,2,4,9,13H2,1H3,(H3,23,24,25). The van der Waals surface area contributed by atoms with E-state index in [0.717, 1.165) is 37.1 Å². The topological polar surface area (TPSA) is 50.4 Å². The highest BCUT2D eigenvalue weighted by molar-refractivity contribution is 5.98. The van der Waals surface area contributed by atoms with Gasteiger partial charge in [-0.05, 0) is 64.9 Å². The molecule has 1 aliphatic rings. The molecule has 0 amide bonds. The summed E-state index contributed by atoms with van der Waals surface area (Å²) in [5, 5.41) is 5.86. The minimum atomic E-state index is 0.434. The molecule has 3 aromatic rings. The molecule has 0 fully saturated rings. The summed E-state index contributed by atoms with van der Waals surface area (Å²) in [6, 6.07) is 19.1. The Kier molecular flexibility index (Phi) is 4.14. The van der Waals surface area contributed by atoms with Crippen molar-refractivity contribution in [3.05, 3.63) is 71.3 Å². The van der Waals surface area contributed by atoms with Crippen molar-refractivity contribution in [1.29, 1.82) is 0 Å². The van der Waals surface area contributed by atoms with Crippen molar-refractivity contribution in [2.45, 2.75) is 32.6 Å². The molecule has 0 unspecified atom stereocenters. The first-order valence-corrected chi connectivity index (χ1v) is 8.98. The van der Waals surface area contributed by atoms with Gasteiger partial charge in [0.15, 0.2) is 5.96 Å². The first-order chi connectivity index (χ1) is 12.2. The fraction of sp³-hybridized carbons (Fsp3) is 0.227. The van der Waals surface area contributed by atoms with Gasteiger partial charge in [-0.1, -0.05) is 49.7 Å². The number of hydrogen-bond acceptors (Lipinski definition) is 1. The second-order valence-electron chi connectivity index (χ2n) is 6.65. The van der Waals surface area contributed by atoms with Gasteiger partial charge < -0.3 is 11.1 Å². The van der Waals surface area contributed by atoms with Crippen LogP contribution in [-0.4, -0.2) is 5.96 Å². The minimum absolute atomic E-state index is 0.434. The van der Waals surface area contributed by atoms with Crippen LogP contribution in [0.5, 0.6) is 0 Å². The van der Waals surface area contributed by atoms with Crippen LogP contribution in [0.4, 0.5) is 11.4 Å². The molecule has 0 aliphatic heterocycles. The third-order valence-electron chi connectivity index (χ3n) is 4.86. The van der Waals surface area contributed by atoms with E-state index in [4.69, 9.17) is 5.73 Å². The van der Waals surface area contributed by atoms with Crippen LogP contribution >= 0.6 is 0 Å². The molecule has 3 nitrogen and oxygen atoms in total. The van der Waals surface area contributed by atoms with E-state index in [1.807, 2.05) is 0 Å². The Morgan fingerprint density at radius 1 is 1.04 bits per heavy atom. The Labute approximate surface area is 148 Å². The van der Waals surface area contributed by atoms with Crippen molar-refractivity contribution < 1.29 is 0 Å². The average Bonchev–Trinajstić information content (AvgIpc) is 3.05. The first-order valence-electron chi connectivity index (χ1n) is 8.98. The van der Waals surface area contributed by atoms with Gasteiger partial charge in [-0.15, -0.1) is 0 Å². The predicted octanol–water partition coefficient (Wildman–Crippen LogP) is 4.95. The number of anilines is 1. The van der Waals surface area contributed by atoms with Crippen molar-refractivity contribution in [3.63, 3.8) is 0 Å². The van der Waals surface area contributed by atoms with Gasteiger partial charge in [-0.25, -0.2) is 4.99 Å². The van der Waals surface area contributed by atoms with E-state index in [2.05, 4.69) is 71.8 Å². The zero-order valence-electron chi connectivity index (χ0n) is 14.5. The van der Waals surface area contributed by atoms with Crippen molar-refractivity contribution in [2.75, 3.05) is 5.32 Å². The summed E-state index contributed by atoms with van der Waals surface area (Å²) in [4.78, 5) is 4.65. The number of hydrogen-bond donors (Lipinski definition) is 2. The van der Waals surface area contributed by atoms with Crippen molar-refractivity contribution in [2.24, 2.45) is 10.7 Å². The summed E-state index contributed by atoms with van der Waals surface area (Å²) in [6.07, 6.45) is 4.38. The Bertz CT molecular complexity index is 939. The fourth-order valence-electron chi connectivity index (χ4n) is 3.70. The maximum Gasteiger partial charge on any atom is 0.198 e. The zero-order valence-corrected chi connectivity index (χ0v) is 14.5. The van der Waals surface area contributed by atoms with Gasteiger partial charge >= 0.3 is 0 Å². The highest BCUT2D eigenvalue weighted by atomic mass is 15.1. The third-order valence-corrected chi connectivity index (χ3v) is 4.86. The Balaban J connectivity index is 1.60.